The normalized spacial score (nSPS) is 21.7. The molecule has 2 aromatic carbocycles. The number of hydrogen-bond acceptors (Lipinski definition) is 1. The van der Waals surface area contributed by atoms with Crippen LogP contribution in [-0.4, -0.2) is 31.6 Å². The Hall–Kier alpha value is -1.10. The number of allylic oxidation sites excluding steroid dienone is 4. The maximum atomic E-state index is 4.55. The molecule has 2 aliphatic carbocycles. The van der Waals surface area contributed by atoms with Crippen molar-refractivity contribution in [3.63, 3.8) is 0 Å². The van der Waals surface area contributed by atoms with E-state index in [1.165, 1.54) is 44.9 Å². The summed E-state index contributed by atoms with van der Waals surface area (Å²) in [5.74, 6) is 0.624. The quantitative estimate of drug-likeness (QED) is 0.477. The number of nitrogens with one attached hydrogen (secondary N) is 1. The number of rotatable bonds is 6. The first-order chi connectivity index (χ1) is 15.6. The molecule has 1 nitrogen and oxygen atoms in total. The van der Waals surface area contributed by atoms with Gasteiger partial charge in [-0.2, -0.15) is 0 Å². The van der Waals surface area contributed by atoms with Crippen LogP contribution in [0.15, 0.2) is 81.0 Å². The van der Waals surface area contributed by atoms with Crippen molar-refractivity contribution in [1.82, 2.24) is 3.54 Å². The van der Waals surface area contributed by atoms with Crippen LogP contribution in [0.4, 0.5) is 0 Å². The Morgan fingerprint density at radius 1 is 0.719 bits per heavy atom. The molecular weight excluding hydrogens is 509 g/mol. The van der Waals surface area contributed by atoms with Crippen molar-refractivity contribution in [2.75, 3.05) is 0 Å². The minimum atomic E-state index is -2.39. The fourth-order valence-corrected chi connectivity index (χ4v) is 36.7. The van der Waals surface area contributed by atoms with E-state index >= 15 is 0 Å². The van der Waals surface area contributed by atoms with E-state index in [0.717, 1.165) is 6.04 Å². The first-order valence-corrected chi connectivity index (χ1v) is 23.6. The van der Waals surface area contributed by atoms with Crippen LogP contribution in [0.3, 0.4) is 0 Å². The van der Waals surface area contributed by atoms with Crippen molar-refractivity contribution in [2.24, 2.45) is 5.92 Å². The van der Waals surface area contributed by atoms with Crippen LogP contribution in [0.2, 0.25) is 0 Å². The molecule has 1 saturated carbocycles. The fraction of sp³-hybridized carbons (Fsp3) is 0.448. The number of hydrogen-bond donors (Lipinski definition) is 1. The molecule has 3 heteroatoms. The van der Waals surface area contributed by atoms with Gasteiger partial charge in [-0.25, -0.2) is 0 Å². The molecule has 2 unspecified atom stereocenters. The van der Waals surface area contributed by atoms with E-state index in [2.05, 4.69) is 91.9 Å². The van der Waals surface area contributed by atoms with Gasteiger partial charge in [-0.1, -0.05) is 0 Å². The molecule has 2 aromatic rings. The second-order valence-electron chi connectivity index (χ2n) is 10.1. The van der Waals surface area contributed by atoms with E-state index < -0.39 is 25.5 Å². The van der Waals surface area contributed by atoms with Gasteiger partial charge in [0.05, 0.1) is 0 Å². The van der Waals surface area contributed by atoms with E-state index in [4.69, 9.17) is 0 Å². The Bertz CT molecular complexity index is 902. The summed E-state index contributed by atoms with van der Waals surface area (Å²) in [5, 5.41) is 3.29. The van der Waals surface area contributed by atoms with Crippen LogP contribution in [0, 0.1) is 5.92 Å². The summed E-state index contributed by atoms with van der Waals surface area (Å²) in [4.78, 5) is 0. The minimum absolute atomic E-state index is 0.624. The van der Waals surface area contributed by atoms with E-state index in [1.807, 2.05) is 3.59 Å². The Balaban J connectivity index is 1.79. The first kappa shape index (κ1) is 24.0. The van der Waals surface area contributed by atoms with Gasteiger partial charge < -0.3 is 0 Å². The Morgan fingerprint density at radius 2 is 1.22 bits per heavy atom. The standard InChI is InChI=1S/C12H11Si.C9H13.C8H16N.Sn.H/c1-3-7-11(8-4-1)13-12-9-5-2-6-10-12;1-6-5-7(2)9(4)8(6)3;9-8-6-4-2-1-3-5-7-8;;/h1-10,13H;6H,1-4H3;8-9H,1-7H2;;/q;;-1;+1;. The van der Waals surface area contributed by atoms with Crippen LogP contribution in [0.25, 0.3) is 0 Å². The molecule has 4 rings (SSSR count). The van der Waals surface area contributed by atoms with Crippen LogP contribution in [-0.2, 0) is 0 Å². The summed E-state index contributed by atoms with van der Waals surface area (Å²) in [6, 6.07) is 23.9. The summed E-state index contributed by atoms with van der Waals surface area (Å²) < 4.78 is 6.43. The zero-order valence-corrected chi connectivity index (χ0v) is 25.0. The molecule has 0 aliphatic heterocycles. The molecule has 170 valence electrons. The molecule has 2 atom stereocenters. The average Bonchev–Trinajstić information content (AvgIpc) is 2.99. The van der Waals surface area contributed by atoms with Gasteiger partial charge in [0.1, 0.15) is 0 Å². The van der Waals surface area contributed by atoms with Gasteiger partial charge in [-0.15, -0.1) is 0 Å². The summed E-state index contributed by atoms with van der Waals surface area (Å²) in [6.07, 6.45) is 8.53. The topological polar surface area (TPSA) is 12.0 Å². The first-order valence-electron chi connectivity index (χ1n) is 12.8. The molecule has 1 fully saturated rings. The third-order valence-corrected chi connectivity index (χ3v) is 34.0. The zero-order valence-electron chi connectivity index (χ0n) is 20.5. The Kier molecular flexibility index (Phi) is 8.52. The molecule has 1 N–H and O–H groups in total. The number of benzene rings is 2. The molecule has 0 saturated heterocycles. The molecule has 0 amide bonds. The molecule has 0 radical (unpaired) electrons. The van der Waals surface area contributed by atoms with E-state index in [1.54, 1.807) is 27.1 Å². The zero-order chi connectivity index (χ0) is 22.5. The summed E-state index contributed by atoms with van der Waals surface area (Å²) in [5.41, 5.74) is 4.83. The second kappa shape index (κ2) is 11.4. The van der Waals surface area contributed by atoms with E-state index in [-0.39, 0.29) is 0 Å². The summed E-state index contributed by atoms with van der Waals surface area (Å²) >= 11 is -2.39. The van der Waals surface area contributed by atoms with Gasteiger partial charge in [0.25, 0.3) is 0 Å². The van der Waals surface area contributed by atoms with Crippen LogP contribution in [0.5, 0.6) is 0 Å². The molecule has 0 aromatic heterocycles. The summed E-state index contributed by atoms with van der Waals surface area (Å²) in [6.45, 7) is 9.68. The Morgan fingerprint density at radius 3 is 1.69 bits per heavy atom. The SMILES string of the molecule is CC1=C(C)C(C)[C]([SnH]([NH]C2CCCCCCC2)[SiH](c2ccccc2)c2ccccc2)=C1C. The van der Waals surface area contributed by atoms with Gasteiger partial charge in [0.2, 0.25) is 0 Å². The monoisotopic (exact) mass is 551 g/mol. The molecular formula is C29H41NSiSn. The second-order valence-corrected chi connectivity index (χ2v) is 28.0. The predicted octanol–water partition coefficient (Wildman–Crippen LogP) is 5.37. The molecule has 0 heterocycles. The molecule has 32 heavy (non-hydrogen) atoms. The van der Waals surface area contributed by atoms with Crippen LogP contribution in [0.1, 0.15) is 72.6 Å². The van der Waals surface area contributed by atoms with E-state index in [9.17, 15) is 0 Å². The van der Waals surface area contributed by atoms with Crippen molar-refractivity contribution >= 4 is 35.9 Å². The van der Waals surface area contributed by atoms with Gasteiger partial charge in [0, 0.05) is 0 Å². The van der Waals surface area contributed by atoms with E-state index in [0.29, 0.717) is 5.92 Å². The van der Waals surface area contributed by atoms with Gasteiger partial charge in [-0.3, -0.25) is 0 Å². The van der Waals surface area contributed by atoms with Crippen molar-refractivity contribution in [1.29, 1.82) is 0 Å². The van der Waals surface area contributed by atoms with Crippen LogP contribution >= 0.6 is 0 Å². The third kappa shape index (κ3) is 5.34. The van der Waals surface area contributed by atoms with Crippen molar-refractivity contribution in [2.45, 2.75) is 78.7 Å². The van der Waals surface area contributed by atoms with Gasteiger partial charge >= 0.3 is 205 Å². The van der Waals surface area contributed by atoms with Crippen molar-refractivity contribution in [3.8, 4) is 0 Å². The predicted molar refractivity (Wildman–Crippen MR) is 146 cm³/mol. The Labute approximate surface area is 204 Å². The van der Waals surface area contributed by atoms with Crippen molar-refractivity contribution < 1.29 is 0 Å². The third-order valence-electron chi connectivity index (χ3n) is 8.21. The molecule has 2 aliphatic rings. The molecule has 0 spiro atoms. The molecule has 0 bridgehead atoms. The van der Waals surface area contributed by atoms with Gasteiger partial charge in [0.15, 0.2) is 0 Å². The van der Waals surface area contributed by atoms with Crippen molar-refractivity contribution in [3.05, 3.63) is 81.0 Å². The fourth-order valence-electron chi connectivity index (χ4n) is 6.04. The van der Waals surface area contributed by atoms with Gasteiger partial charge in [-0.05, 0) is 0 Å². The van der Waals surface area contributed by atoms with Crippen LogP contribution < -0.4 is 13.9 Å². The average molecular weight is 550 g/mol. The summed E-state index contributed by atoms with van der Waals surface area (Å²) in [7, 11) is 0. The maximum absolute atomic E-state index is 4.55.